The van der Waals surface area contributed by atoms with Crippen molar-refractivity contribution in [3.8, 4) is 0 Å². The maximum atomic E-state index is 11.7. The lowest BCUT2D eigenvalue weighted by atomic mass is 10.1. The zero-order valence-electron chi connectivity index (χ0n) is 11.0. The Morgan fingerprint density at radius 1 is 1.53 bits per heavy atom. The van der Waals surface area contributed by atoms with E-state index in [0.717, 1.165) is 19.4 Å². The van der Waals surface area contributed by atoms with Gasteiger partial charge < -0.3 is 15.2 Å². The molecule has 5 nitrogen and oxygen atoms in total. The van der Waals surface area contributed by atoms with Crippen molar-refractivity contribution in [2.24, 2.45) is 7.05 Å². The standard InChI is InChI=1S/C13H19N3O2.ClH/c1-16-9-11(5-7-13(16)18)15-12(17)6-4-10-3-2-8-14-10;/h5,7,9-10,14H,2-4,6,8H2,1H3,(H,15,17);1H. The molecule has 0 spiro atoms. The monoisotopic (exact) mass is 285 g/mol. The summed E-state index contributed by atoms with van der Waals surface area (Å²) in [5, 5.41) is 6.17. The number of nitrogens with one attached hydrogen (secondary N) is 2. The molecule has 0 radical (unpaired) electrons. The molecule has 1 aromatic rings. The molecule has 1 atom stereocenters. The first-order valence-electron chi connectivity index (χ1n) is 6.35. The molecular weight excluding hydrogens is 266 g/mol. The van der Waals surface area contributed by atoms with Gasteiger partial charge in [-0.05, 0) is 31.9 Å². The highest BCUT2D eigenvalue weighted by Crippen LogP contribution is 2.11. The normalized spacial score (nSPS) is 17.8. The molecule has 2 heterocycles. The van der Waals surface area contributed by atoms with Crippen LogP contribution in [0.2, 0.25) is 0 Å². The average Bonchev–Trinajstić information content (AvgIpc) is 2.84. The lowest BCUT2D eigenvalue weighted by Gasteiger charge is -2.10. The van der Waals surface area contributed by atoms with Gasteiger partial charge >= 0.3 is 0 Å². The van der Waals surface area contributed by atoms with Crippen LogP contribution in [0.25, 0.3) is 0 Å². The smallest absolute Gasteiger partial charge is 0.250 e. The SMILES string of the molecule is Cl.Cn1cc(NC(=O)CCC2CCCN2)ccc1=O. The van der Waals surface area contributed by atoms with E-state index in [0.29, 0.717) is 18.2 Å². The van der Waals surface area contributed by atoms with Crippen LogP contribution in [0, 0.1) is 0 Å². The van der Waals surface area contributed by atoms with Crippen molar-refractivity contribution in [2.45, 2.75) is 31.7 Å². The summed E-state index contributed by atoms with van der Waals surface area (Å²) in [4.78, 5) is 22.9. The number of carbonyl (C=O) groups excluding carboxylic acids is 1. The summed E-state index contributed by atoms with van der Waals surface area (Å²) < 4.78 is 1.45. The van der Waals surface area contributed by atoms with Crippen LogP contribution < -0.4 is 16.2 Å². The molecule has 2 N–H and O–H groups in total. The molecule has 1 aliphatic heterocycles. The highest BCUT2D eigenvalue weighted by atomic mass is 35.5. The molecule has 0 aliphatic carbocycles. The van der Waals surface area contributed by atoms with E-state index >= 15 is 0 Å². The van der Waals surface area contributed by atoms with E-state index in [1.165, 1.54) is 17.1 Å². The van der Waals surface area contributed by atoms with Crippen molar-refractivity contribution in [3.63, 3.8) is 0 Å². The summed E-state index contributed by atoms with van der Waals surface area (Å²) >= 11 is 0. The third-order valence-electron chi connectivity index (χ3n) is 3.25. The van der Waals surface area contributed by atoms with Gasteiger partial charge in [-0.25, -0.2) is 0 Å². The van der Waals surface area contributed by atoms with Gasteiger partial charge in [0, 0.05) is 31.8 Å². The lowest BCUT2D eigenvalue weighted by Crippen LogP contribution is -2.24. The Hall–Kier alpha value is -1.33. The van der Waals surface area contributed by atoms with Crippen LogP contribution in [0.3, 0.4) is 0 Å². The molecular formula is C13H20ClN3O2. The van der Waals surface area contributed by atoms with Crippen LogP contribution in [0.4, 0.5) is 5.69 Å². The van der Waals surface area contributed by atoms with E-state index in [9.17, 15) is 9.59 Å². The number of carbonyl (C=O) groups is 1. The minimum atomic E-state index is -0.0804. The van der Waals surface area contributed by atoms with Gasteiger partial charge in [-0.3, -0.25) is 9.59 Å². The Kier molecular flexibility index (Phi) is 6.05. The molecule has 19 heavy (non-hydrogen) atoms. The maximum Gasteiger partial charge on any atom is 0.250 e. The minimum absolute atomic E-state index is 0. The summed E-state index contributed by atoms with van der Waals surface area (Å²) in [5.74, 6) is 0.00217. The number of hydrogen-bond donors (Lipinski definition) is 2. The predicted octanol–water partition coefficient (Wildman–Crippen LogP) is 1.28. The van der Waals surface area contributed by atoms with Gasteiger partial charge in [-0.2, -0.15) is 0 Å². The summed E-state index contributed by atoms with van der Waals surface area (Å²) in [6.45, 7) is 1.06. The number of halogens is 1. The fourth-order valence-corrected chi connectivity index (χ4v) is 2.20. The van der Waals surface area contributed by atoms with E-state index < -0.39 is 0 Å². The van der Waals surface area contributed by atoms with Crippen LogP contribution in [-0.2, 0) is 11.8 Å². The molecule has 1 aromatic heterocycles. The first kappa shape index (κ1) is 15.7. The van der Waals surface area contributed by atoms with Crippen molar-refractivity contribution in [3.05, 3.63) is 28.7 Å². The van der Waals surface area contributed by atoms with Crippen molar-refractivity contribution in [1.29, 1.82) is 0 Å². The minimum Gasteiger partial charge on any atom is -0.325 e. The van der Waals surface area contributed by atoms with Gasteiger partial charge in [0.15, 0.2) is 0 Å². The van der Waals surface area contributed by atoms with Crippen molar-refractivity contribution < 1.29 is 4.79 Å². The third kappa shape index (κ3) is 4.69. The average molecular weight is 286 g/mol. The van der Waals surface area contributed by atoms with Gasteiger partial charge in [0.05, 0.1) is 5.69 Å². The zero-order valence-corrected chi connectivity index (χ0v) is 11.8. The summed E-state index contributed by atoms with van der Waals surface area (Å²) in [7, 11) is 1.67. The summed E-state index contributed by atoms with van der Waals surface area (Å²) in [6, 6.07) is 3.57. The van der Waals surface area contributed by atoms with Crippen LogP contribution in [-0.4, -0.2) is 23.1 Å². The zero-order chi connectivity index (χ0) is 13.0. The second-order valence-corrected chi connectivity index (χ2v) is 4.75. The molecule has 1 amide bonds. The molecule has 1 unspecified atom stereocenters. The van der Waals surface area contributed by atoms with E-state index in [1.807, 2.05) is 0 Å². The molecule has 1 fully saturated rings. The quantitative estimate of drug-likeness (QED) is 0.876. The van der Waals surface area contributed by atoms with Crippen LogP contribution in [0.5, 0.6) is 0 Å². The van der Waals surface area contributed by atoms with E-state index in [1.54, 1.807) is 19.3 Å². The molecule has 6 heteroatoms. The van der Waals surface area contributed by atoms with Gasteiger partial charge in [-0.15, -0.1) is 12.4 Å². The summed E-state index contributed by atoms with van der Waals surface area (Å²) in [5.41, 5.74) is 0.588. The summed E-state index contributed by atoms with van der Waals surface area (Å²) in [6.07, 6.45) is 5.38. The predicted molar refractivity (Wildman–Crippen MR) is 77.8 cm³/mol. The number of rotatable bonds is 4. The van der Waals surface area contributed by atoms with E-state index in [2.05, 4.69) is 10.6 Å². The fourth-order valence-electron chi connectivity index (χ4n) is 2.20. The molecule has 2 rings (SSSR count). The maximum absolute atomic E-state index is 11.7. The van der Waals surface area contributed by atoms with Crippen molar-refractivity contribution in [1.82, 2.24) is 9.88 Å². The molecule has 106 valence electrons. The highest BCUT2D eigenvalue weighted by molar-refractivity contribution is 5.90. The Balaban J connectivity index is 0.00000180. The lowest BCUT2D eigenvalue weighted by molar-refractivity contribution is -0.116. The number of pyridine rings is 1. The number of aryl methyl sites for hydroxylation is 1. The van der Waals surface area contributed by atoms with Gasteiger partial charge in [0.2, 0.25) is 11.5 Å². The van der Waals surface area contributed by atoms with Crippen molar-refractivity contribution >= 4 is 24.0 Å². The van der Waals surface area contributed by atoms with E-state index in [4.69, 9.17) is 0 Å². The molecule has 0 bridgehead atoms. The van der Waals surface area contributed by atoms with Crippen LogP contribution in [0.15, 0.2) is 23.1 Å². The molecule has 0 aromatic carbocycles. The molecule has 1 saturated heterocycles. The Morgan fingerprint density at radius 3 is 2.95 bits per heavy atom. The number of hydrogen-bond acceptors (Lipinski definition) is 3. The second-order valence-electron chi connectivity index (χ2n) is 4.75. The Labute approximate surface area is 118 Å². The van der Waals surface area contributed by atoms with Crippen molar-refractivity contribution in [2.75, 3.05) is 11.9 Å². The highest BCUT2D eigenvalue weighted by Gasteiger charge is 2.15. The van der Waals surface area contributed by atoms with Crippen LogP contribution in [0.1, 0.15) is 25.7 Å². The van der Waals surface area contributed by atoms with Gasteiger partial charge in [-0.1, -0.05) is 0 Å². The fraction of sp³-hybridized carbons (Fsp3) is 0.538. The van der Waals surface area contributed by atoms with Gasteiger partial charge in [0.25, 0.3) is 0 Å². The largest absolute Gasteiger partial charge is 0.325 e. The number of aromatic nitrogens is 1. The Bertz CT molecular complexity index is 481. The van der Waals surface area contributed by atoms with E-state index in [-0.39, 0.29) is 23.9 Å². The first-order valence-corrected chi connectivity index (χ1v) is 6.35. The van der Waals surface area contributed by atoms with Gasteiger partial charge in [0.1, 0.15) is 0 Å². The Morgan fingerprint density at radius 2 is 2.32 bits per heavy atom. The topological polar surface area (TPSA) is 63.1 Å². The second kappa shape index (κ2) is 7.31. The molecule has 1 aliphatic rings. The number of amides is 1. The first-order chi connectivity index (χ1) is 8.65. The number of anilines is 1. The third-order valence-corrected chi connectivity index (χ3v) is 3.25. The number of nitrogens with zero attached hydrogens (tertiary/aromatic N) is 1. The van der Waals surface area contributed by atoms with Crippen LogP contribution >= 0.6 is 12.4 Å². The molecule has 0 saturated carbocycles.